The molecular weight excluding hydrogens is 797 g/mol. The molecule has 0 bridgehead atoms. The lowest BCUT2D eigenvalue weighted by Gasteiger charge is -2.29. The summed E-state index contributed by atoms with van der Waals surface area (Å²) < 4.78 is 2.44. The molecule has 0 amide bonds. The van der Waals surface area contributed by atoms with Crippen LogP contribution in [0.2, 0.25) is 0 Å². The maximum Gasteiger partial charge on any atom is 0.0546 e. The zero-order valence-electron chi connectivity index (χ0n) is 36.3. The van der Waals surface area contributed by atoms with E-state index in [1.165, 1.54) is 77.1 Å². The fourth-order valence-corrected chi connectivity index (χ4v) is 10.0. The van der Waals surface area contributed by atoms with Crippen LogP contribution < -0.4 is 4.90 Å². The molecule has 0 aliphatic carbocycles. The summed E-state index contributed by atoms with van der Waals surface area (Å²) in [5, 5.41) is 4.95. The van der Waals surface area contributed by atoms with Crippen molar-refractivity contribution in [2.24, 2.45) is 0 Å². The third kappa shape index (κ3) is 6.84. The molecule has 0 fully saturated rings. The van der Waals surface area contributed by atoms with Crippen LogP contribution in [0.1, 0.15) is 0 Å². The fourth-order valence-electron chi connectivity index (χ4n) is 10.0. The Bertz CT molecular complexity index is 3610. The summed E-state index contributed by atoms with van der Waals surface area (Å²) in [4.78, 5) is 2.42. The fraction of sp³-hybridized carbons (Fsp3) is 0. The van der Waals surface area contributed by atoms with Crippen molar-refractivity contribution in [1.29, 1.82) is 0 Å². The van der Waals surface area contributed by atoms with E-state index in [9.17, 15) is 0 Å². The Morgan fingerprint density at radius 2 is 0.667 bits per heavy atom. The first-order valence-corrected chi connectivity index (χ1v) is 22.7. The second kappa shape index (κ2) is 16.8. The Hall–Kier alpha value is -8.72. The van der Waals surface area contributed by atoms with Gasteiger partial charge in [0.05, 0.1) is 22.4 Å². The highest BCUT2D eigenvalue weighted by Crippen LogP contribution is 2.46. The van der Waals surface area contributed by atoms with Crippen LogP contribution in [0, 0.1) is 0 Å². The summed E-state index contributed by atoms with van der Waals surface area (Å²) in [6, 6.07) is 96.9. The van der Waals surface area contributed by atoms with Gasteiger partial charge in [-0.1, -0.05) is 218 Å². The highest BCUT2D eigenvalue weighted by atomic mass is 15.1. The molecule has 0 radical (unpaired) electrons. The van der Waals surface area contributed by atoms with Gasteiger partial charge in [-0.25, -0.2) is 0 Å². The van der Waals surface area contributed by atoms with Gasteiger partial charge >= 0.3 is 0 Å². The molecule has 11 aromatic carbocycles. The normalized spacial score (nSPS) is 11.3. The number of fused-ring (bicyclic) bond motifs is 4. The van der Waals surface area contributed by atoms with E-state index in [2.05, 4.69) is 276 Å². The van der Waals surface area contributed by atoms with Crippen LogP contribution in [0.25, 0.3) is 93.9 Å². The first kappa shape index (κ1) is 38.9. The molecular formula is C64H44N2. The molecule has 0 spiro atoms. The number of rotatable bonds is 9. The summed E-state index contributed by atoms with van der Waals surface area (Å²) >= 11 is 0. The van der Waals surface area contributed by atoms with E-state index in [1.807, 2.05) is 0 Å². The van der Waals surface area contributed by atoms with Crippen molar-refractivity contribution in [1.82, 2.24) is 4.57 Å². The maximum atomic E-state index is 2.44. The standard InChI is InChI=1S/C64H44N2/c1-4-19-45(20-5-1)46-35-39-50(40-36-46)65(60-31-15-12-27-57(60)56-44-43-52(47-21-6-2-7-22-47)54-25-10-11-26-55(54)56)51-41-37-48(38-42-51)53-30-18-34-63(64(53)49-23-8-3-9-24-49)66-61-32-16-13-28-58(61)59-29-14-17-33-62(59)66/h1-44H. The van der Waals surface area contributed by atoms with Crippen LogP contribution in [-0.4, -0.2) is 4.57 Å². The Labute approximate surface area is 385 Å². The topological polar surface area (TPSA) is 8.17 Å². The molecule has 12 rings (SSSR count). The van der Waals surface area contributed by atoms with Crippen LogP contribution in [0.5, 0.6) is 0 Å². The van der Waals surface area contributed by atoms with Crippen molar-refractivity contribution >= 4 is 49.6 Å². The van der Waals surface area contributed by atoms with Gasteiger partial charge in [0.25, 0.3) is 0 Å². The van der Waals surface area contributed by atoms with Crippen molar-refractivity contribution in [2.45, 2.75) is 0 Å². The second-order valence-corrected chi connectivity index (χ2v) is 16.8. The molecule has 0 atom stereocenters. The molecule has 0 unspecified atom stereocenters. The lowest BCUT2D eigenvalue weighted by molar-refractivity contribution is 1.18. The third-order valence-electron chi connectivity index (χ3n) is 13.0. The molecule has 0 saturated heterocycles. The lowest BCUT2D eigenvalue weighted by atomic mass is 9.91. The quantitative estimate of drug-likeness (QED) is 0.141. The van der Waals surface area contributed by atoms with Crippen molar-refractivity contribution in [3.8, 4) is 61.3 Å². The summed E-state index contributed by atoms with van der Waals surface area (Å²) in [7, 11) is 0. The van der Waals surface area contributed by atoms with E-state index in [-0.39, 0.29) is 0 Å². The van der Waals surface area contributed by atoms with Crippen molar-refractivity contribution in [3.05, 3.63) is 267 Å². The van der Waals surface area contributed by atoms with Gasteiger partial charge in [0.15, 0.2) is 0 Å². The Kier molecular flexibility index (Phi) is 9.89. The van der Waals surface area contributed by atoms with E-state index < -0.39 is 0 Å². The van der Waals surface area contributed by atoms with E-state index in [0.717, 1.165) is 33.9 Å². The molecule has 66 heavy (non-hydrogen) atoms. The number of anilines is 3. The Balaban J connectivity index is 1.03. The van der Waals surface area contributed by atoms with Gasteiger partial charge in [-0.3, -0.25) is 0 Å². The third-order valence-corrected chi connectivity index (χ3v) is 13.0. The molecule has 0 N–H and O–H groups in total. The highest BCUT2D eigenvalue weighted by Gasteiger charge is 2.22. The van der Waals surface area contributed by atoms with Crippen LogP contribution >= 0.6 is 0 Å². The molecule has 2 heteroatoms. The van der Waals surface area contributed by atoms with Crippen LogP contribution in [0.15, 0.2) is 267 Å². The minimum Gasteiger partial charge on any atom is -0.310 e. The lowest BCUT2D eigenvalue weighted by Crippen LogP contribution is -2.11. The smallest absolute Gasteiger partial charge is 0.0546 e. The second-order valence-electron chi connectivity index (χ2n) is 16.8. The van der Waals surface area contributed by atoms with Crippen LogP contribution in [-0.2, 0) is 0 Å². The van der Waals surface area contributed by atoms with Crippen molar-refractivity contribution in [2.75, 3.05) is 4.90 Å². The summed E-state index contributed by atoms with van der Waals surface area (Å²) in [5.41, 5.74) is 18.7. The zero-order chi connectivity index (χ0) is 43.8. The van der Waals surface area contributed by atoms with E-state index in [0.29, 0.717) is 0 Å². The Morgan fingerprint density at radius 1 is 0.242 bits per heavy atom. The molecule has 1 aromatic heterocycles. The van der Waals surface area contributed by atoms with Gasteiger partial charge in [0.1, 0.15) is 0 Å². The SMILES string of the molecule is c1ccc(-c2ccc(N(c3ccc(-c4cccc(-n5c6ccccc6c6ccccc65)c4-c4ccccc4)cc3)c3ccccc3-c3ccc(-c4ccccc4)c4ccccc34)cc2)cc1. The van der Waals surface area contributed by atoms with E-state index in [1.54, 1.807) is 0 Å². The number of para-hydroxylation sites is 3. The predicted molar refractivity (Wildman–Crippen MR) is 280 cm³/mol. The Morgan fingerprint density at radius 3 is 1.29 bits per heavy atom. The largest absolute Gasteiger partial charge is 0.310 e. The molecule has 2 nitrogen and oxygen atoms in total. The van der Waals surface area contributed by atoms with Crippen LogP contribution in [0.4, 0.5) is 17.1 Å². The molecule has 12 aromatic rings. The van der Waals surface area contributed by atoms with Crippen molar-refractivity contribution < 1.29 is 0 Å². The monoisotopic (exact) mass is 840 g/mol. The van der Waals surface area contributed by atoms with E-state index >= 15 is 0 Å². The molecule has 0 saturated carbocycles. The van der Waals surface area contributed by atoms with Crippen LogP contribution in [0.3, 0.4) is 0 Å². The number of benzene rings is 11. The molecule has 310 valence electrons. The average molecular weight is 841 g/mol. The molecule has 0 aliphatic heterocycles. The summed E-state index contributed by atoms with van der Waals surface area (Å²) in [6.07, 6.45) is 0. The van der Waals surface area contributed by atoms with Gasteiger partial charge in [0.2, 0.25) is 0 Å². The van der Waals surface area contributed by atoms with E-state index in [4.69, 9.17) is 0 Å². The number of nitrogens with zero attached hydrogens (tertiary/aromatic N) is 2. The van der Waals surface area contributed by atoms with Crippen molar-refractivity contribution in [3.63, 3.8) is 0 Å². The minimum absolute atomic E-state index is 1.07. The number of hydrogen-bond donors (Lipinski definition) is 0. The first-order chi connectivity index (χ1) is 32.8. The maximum absolute atomic E-state index is 2.44. The highest BCUT2D eigenvalue weighted by molar-refractivity contribution is 6.11. The zero-order valence-corrected chi connectivity index (χ0v) is 36.3. The molecule has 1 heterocycles. The average Bonchev–Trinajstić information content (AvgIpc) is 3.74. The first-order valence-electron chi connectivity index (χ1n) is 22.7. The van der Waals surface area contributed by atoms with Gasteiger partial charge in [-0.05, 0) is 104 Å². The minimum atomic E-state index is 1.07. The number of aromatic nitrogens is 1. The molecule has 0 aliphatic rings. The predicted octanol–water partition coefficient (Wildman–Crippen LogP) is 17.7. The van der Waals surface area contributed by atoms with Gasteiger partial charge in [0, 0.05) is 33.3 Å². The summed E-state index contributed by atoms with van der Waals surface area (Å²) in [5.74, 6) is 0. The van der Waals surface area contributed by atoms with Gasteiger partial charge < -0.3 is 9.47 Å². The van der Waals surface area contributed by atoms with Gasteiger partial charge in [-0.15, -0.1) is 0 Å². The van der Waals surface area contributed by atoms with Gasteiger partial charge in [-0.2, -0.15) is 0 Å². The number of hydrogen-bond acceptors (Lipinski definition) is 1. The summed E-state index contributed by atoms with van der Waals surface area (Å²) in [6.45, 7) is 0.